The Hall–Kier alpha value is -1.46. The van der Waals surface area contributed by atoms with E-state index in [1.807, 2.05) is 7.05 Å². The number of nitrogens with one attached hydrogen (secondary N) is 2. The average molecular weight is 293 g/mol. The third-order valence-electron chi connectivity index (χ3n) is 4.39. The SMILES string of the molecule is CNC1(C)CCN(CC(=O)Nc2ccc(C)c(F)c2)CC1. The van der Waals surface area contributed by atoms with Crippen LogP contribution in [0, 0.1) is 12.7 Å². The van der Waals surface area contributed by atoms with Gasteiger partial charge in [-0.3, -0.25) is 9.69 Å². The van der Waals surface area contributed by atoms with Crippen molar-refractivity contribution >= 4 is 11.6 Å². The van der Waals surface area contributed by atoms with E-state index in [0.29, 0.717) is 17.8 Å². The van der Waals surface area contributed by atoms with Crippen molar-refractivity contribution in [3.05, 3.63) is 29.6 Å². The fraction of sp³-hybridized carbons (Fsp3) is 0.562. The smallest absolute Gasteiger partial charge is 0.238 e. The van der Waals surface area contributed by atoms with Gasteiger partial charge in [0.25, 0.3) is 0 Å². The molecule has 116 valence electrons. The summed E-state index contributed by atoms with van der Waals surface area (Å²) >= 11 is 0. The first-order valence-electron chi connectivity index (χ1n) is 7.39. The molecule has 1 fully saturated rings. The van der Waals surface area contributed by atoms with Crippen molar-refractivity contribution in [3.8, 4) is 0 Å². The van der Waals surface area contributed by atoms with Crippen LogP contribution in [0.25, 0.3) is 0 Å². The lowest BCUT2D eigenvalue weighted by Crippen LogP contribution is -2.51. The lowest BCUT2D eigenvalue weighted by molar-refractivity contribution is -0.117. The van der Waals surface area contributed by atoms with E-state index in [9.17, 15) is 9.18 Å². The van der Waals surface area contributed by atoms with Gasteiger partial charge in [0.2, 0.25) is 5.91 Å². The Morgan fingerprint density at radius 2 is 2.05 bits per heavy atom. The molecule has 1 amide bonds. The third-order valence-corrected chi connectivity index (χ3v) is 4.39. The van der Waals surface area contributed by atoms with Crippen LogP contribution in [0.1, 0.15) is 25.3 Å². The Labute approximate surface area is 125 Å². The van der Waals surface area contributed by atoms with Gasteiger partial charge in [0, 0.05) is 24.3 Å². The van der Waals surface area contributed by atoms with Crippen LogP contribution >= 0.6 is 0 Å². The lowest BCUT2D eigenvalue weighted by atomic mass is 9.90. The first-order chi connectivity index (χ1) is 9.92. The number of benzene rings is 1. The van der Waals surface area contributed by atoms with E-state index in [0.717, 1.165) is 25.9 Å². The first kappa shape index (κ1) is 15.9. The summed E-state index contributed by atoms with van der Waals surface area (Å²) in [6.45, 7) is 6.06. The molecule has 1 aliphatic heterocycles. The number of carbonyl (C=O) groups excluding carboxylic acids is 1. The molecule has 1 aliphatic rings. The molecule has 1 aromatic rings. The molecule has 1 heterocycles. The molecule has 0 atom stereocenters. The van der Waals surface area contributed by atoms with Gasteiger partial charge in [-0.25, -0.2) is 4.39 Å². The molecule has 0 spiro atoms. The van der Waals surface area contributed by atoms with Crippen LogP contribution in [0.3, 0.4) is 0 Å². The van der Waals surface area contributed by atoms with Gasteiger partial charge in [-0.05, 0) is 51.4 Å². The Kier molecular flexibility index (Phi) is 4.96. The van der Waals surface area contributed by atoms with Crippen LogP contribution in [0.15, 0.2) is 18.2 Å². The van der Waals surface area contributed by atoms with Gasteiger partial charge in [0.1, 0.15) is 5.82 Å². The van der Waals surface area contributed by atoms with E-state index in [1.165, 1.54) is 6.07 Å². The highest BCUT2D eigenvalue weighted by Crippen LogP contribution is 2.21. The third kappa shape index (κ3) is 4.25. The Bertz CT molecular complexity index is 510. The average Bonchev–Trinajstić information content (AvgIpc) is 2.46. The maximum absolute atomic E-state index is 13.4. The fourth-order valence-corrected chi connectivity index (χ4v) is 2.53. The number of rotatable bonds is 4. The number of aryl methyl sites for hydroxylation is 1. The summed E-state index contributed by atoms with van der Waals surface area (Å²) in [5.41, 5.74) is 1.27. The molecule has 0 bridgehead atoms. The second-order valence-electron chi connectivity index (χ2n) is 6.10. The Balaban J connectivity index is 1.84. The number of halogens is 1. The van der Waals surface area contributed by atoms with E-state index in [-0.39, 0.29) is 17.3 Å². The van der Waals surface area contributed by atoms with Gasteiger partial charge in [-0.15, -0.1) is 0 Å². The molecule has 5 heteroatoms. The van der Waals surface area contributed by atoms with E-state index < -0.39 is 0 Å². The summed E-state index contributed by atoms with van der Waals surface area (Å²) in [5, 5.41) is 6.09. The zero-order valence-electron chi connectivity index (χ0n) is 13.0. The lowest BCUT2D eigenvalue weighted by Gasteiger charge is -2.39. The highest BCUT2D eigenvalue weighted by atomic mass is 19.1. The maximum atomic E-state index is 13.4. The molecular weight excluding hydrogens is 269 g/mol. The predicted molar refractivity (Wildman–Crippen MR) is 82.9 cm³/mol. The van der Waals surface area contributed by atoms with Crippen LogP contribution in [-0.4, -0.2) is 43.0 Å². The molecule has 0 radical (unpaired) electrons. The van der Waals surface area contributed by atoms with E-state index in [2.05, 4.69) is 22.5 Å². The second-order valence-corrected chi connectivity index (χ2v) is 6.10. The number of carbonyl (C=O) groups is 1. The minimum Gasteiger partial charge on any atom is -0.325 e. The maximum Gasteiger partial charge on any atom is 0.238 e. The van der Waals surface area contributed by atoms with Crippen molar-refractivity contribution in [2.75, 3.05) is 32.0 Å². The molecule has 1 aromatic carbocycles. The van der Waals surface area contributed by atoms with Gasteiger partial charge in [-0.1, -0.05) is 6.07 Å². The zero-order chi connectivity index (χ0) is 15.5. The van der Waals surface area contributed by atoms with Crippen molar-refractivity contribution in [1.29, 1.82) is 0 Å². The summed E-state index contributed by atoms with van der Waals surface area (Å²) in [6, 6.07) is 4.76. The molecule has 21 heavy (non-hydrogen) atoms. The van der Waals surface area contributed by atoms with Crippen LogP contribution in [-0.2, 0) is 4.79 Å². The van der Waals surface area contributed by atoms with Gasteiger partial charge in [0.15, 0.2) is 0 Å². The van der Waals surface area contributed by atoms with Crippen molar-refractivity contribution < 1.29 is 9.18 Å². The number of amides is 1. The highest BCUT2D eigenvalue weighted by molar-refractivity contribution is 5.92. The van der Waals surface area contributed by atoms with Gasteiger partial charge < -0.3 is 10.6 Å². The van der Waals surface area contributed by atoms with Gasteiger partial charge in [0.05, 0.1) is 6.54 Å². The standard InChI is InChI=1S/C16H24FN3O/c1-12-4-5-13(10-14(12)17)19-15(21)11-20-8-6-16(2,18-3)7-9-20/h4-5,10,18H,6-9,11H2,1-3H3,(H,19,21). The summed E-state index contributed by atoms with van der Waals surface area (Å²) < 4.78 is 13.4. The van der Waals surface area contributed by atoms with Crippen LogP contribution in [0.4, 0.5) is 10.1 Å². The Morgan fingerprint density at radius 1 is 1.38 bits per heavy atom. The topological polar surface area (TPSA) is 44.4 Å². The second kappa shape index (κ2) is 6.54. The van der Waals surface area contributed by atoms with Crippen LogP contribution in [0.5, 0.6) is 0 Å². The van der Waals surface area contributed by atoms with Gasteiger partial charge in [-0.2, -0.15) is 0 Å². The number of anilines is 1. The first-order valence-corrected chi connectivity index (χ1v) is 7.39. The summed E-state index contributed by atoms with van der Waals surface area (Å²) in [7, 11) is 1.98. The van der Waals surface area contributed by atoms with Crippen molar-refractivity contribution in [3.63, 3.8) is 0 Å². The molecule has 1 saturated heterocycles. The number of nitrogens with zero attached hydrogens (tertiary/aromatic N) is 1. The van der Waals surface area contributed by atoms with Crippen molar-refractivity contribution in [2.24, 2.45) is 0 Å². The Morgan fingerprint density at radius 3 is 2.62 bits per heavy atom. The van der Waals surface area contributed by atoms with E-state index in [4.69, 9.17) is 0 Å². The van der Waals surface area contributed by atoms with Crippen molar-refractivity contribution in [2.45, 2.75) is 32.2 Å². The van der Waals surface area contributed by atoms with Gasteiger partial charge >= 0.3 is 0 Å². The normalized spacial score (nSPS) is 18.5. The molecule has 4 nitrogen and oxygen atoms in total. The van der Waals surface area contributed by atoms with Crippen LogP contribution in [0.2, 0.25) is 0 Å². The van der Waals surface area contributed by atoms with Crippen molar-refractivity contribution in [1.82, 2.24) is 10.2 Å². The zero-order valence-corrected chi connectivity index (χ0v) is 13.0. The molecule has 0 aromatic heterocycles. The largest absolute Gasteiger partial charge is 0.325 e. The number of piperidine rings is 1. The van der Waals surface area contributed by atoms with Crippen LogP contribution < -0.4 is 10.6 Å². The molecule has 0 unspecified atom stereocenters. The molecule has 2 rings (SSSR count). The number of hydrogen-bond acceptors (Lipinski definition) is 3. The van der Waals surface area contributed by atoms with E-state index >= 15 is 0 Å². The minimum atomic E-state index is -0.296. The molecule has 0 saturated carbocycles. The molecule has 0 aliphatic carbocycles. The summed E-state index contributed by atoms with van der Waals surface area (Å²) in [4.78, 5) is 14.2. The quantitative estimate of drug-likeness (QED) is 0.894. The predicted octanol–water partition coefficient (Wildman–Crippen LogP) is 2.15. The number of hydrogen-bond donors (Lipinski definition) is 2. The highest BCUT2D eigenvalue weighted by Gasteiger charge is 2.28. The van der Waals surface area contributed by atoms with E-state index in [1.54, 1.807) is 19.1 Å². The summed E-state index contributed by atoms with van der Waals surface area (Å²) in [5.74, 6) is -0.387. The fourth-order valence-electron chi connectivity index (χ4n) is 2.53. The number of likely N-dealkylation sites (tertiary alicyclic amines) is 1. The molecular formula is C16H24FN3O. The minimum absolute atomic E-state index is 0.0914. The summed E-state index contributed by atoms with van der Waals surface area (Å²) in [6.07, 6.45) is 2.05. The molecule has 2 N–H and O–H groups in total. The monoisotopic (exact) mass is 293 g/mol.